The van der Waals surface area contributed by atoms with Crippen molar-refractivity contribution in [2.24, 2.45) is 5.41 Å². The summed E-state index contributed by atoms with van der Waals surface area (Å²) < 4.78 is 0. The van der Waals surface area contributed by atoms with Crippen molar-refractivity contribution in [1.82, 2.24) is 20.6 Å². The molecule has 1 amide bonds. The van der Waals surface area contributed by atoms with Gasteiger partial charge in [0.2, 0.25) is 0 Å². The van der Waals surface area contributed by atoms with Gasteiger partial charge in [0, 0.05) is 18.9 Å². The molecule has 7 heteroatoms. The molecule has 1 fully saturated rings. The molecule has 1 saturated heterocycles. The van der Waals surface area contributed by atoms with E-state index in [1.807, 2.05) is 0 Å². The Balaban J connectivity index is 0.00000162. The maximum Gasteiger partial charge on any atom is 0.271 e. The molecule has 0 radical (unpaired) electrons. The van der Waals surface area contributed by atoms with Gasteiger partial charge in [-0.2, -0.15) is 0 Å². The van der Waals surface area contributed by atoms with Crippen molar-refractivity contribution < 1.29 is 4.79 Å². The number of nitrogens with zero attached hydrogens (tertiary/aromatic N) is 2. The van der Waals surface area contributed by atoms with E-state index in [9.17, 15) is 4.79 Å². The molecule has 2 heterocycles. The molecule has 2 N–H and O–H groups in total. The number of carbonyl (C=O) groups excluding carboxylic acids is 1. The van der Waals surface area contributed by atoms with Crippen molar-refractivity contribution in [3.05, 3.63) is 24.3 Å². The number of carbonyl (C=O) groups is 1. The Morgan fingerprint density at radius 2 is 2.05 bits per heavy atom. The molecule has 0 aliphatic carbocycles. The lowest BCUT2D eigenvalue weighted by atomic mass is 9.81. The normalized spacial score (nSPS) is 16.7. The SMILES string of the molecule is CC1(CNC(=O)c2cnccn2)CCNCC1.Cl.Cl. The Kier molecular flexibility index (Phi) is 7.90. The highest BCUT2D eigenvalue weighted by Crippen LogP contribution is 2.26. The van der Waals surface area contributed by atoms with Crippen LogP contribution in [0.5, 0.6) is 0 Å². The predicted molar refractivity (Wildman–Crippen MR) is 79.1 cm³/mol. The van der Waals surface area contributed by atoms with Crippen molar-refractivity contribution in [1.29, 1.82) is 0 Å². The maximum absolute atomic E-state index is 11.8. The van der Waals surface area contributed by atoms with Crippen LogP contribution in [0.3, 0.4) is 0 Å². The number of piperidine rings is 1. The molecule has 0 saturated carbocycles. The first-order valence-corrected chi connectivity index (χ1v) is 5.95. The van der Waals surface area contributed by atoms with E-state index >= 15 is 0 Å². The monoisotopic (exact) mass is 306 g/mol. The fourth-order valence-electron chi connectivity index (χ4n) is 2.01. The molecule has 1 aliphatic rings. The van der Waals surface area contributed by atoms with Crippen molar-refractivity contribution in [3.63, 3.8) is 0 Å². The highest BCUT2D eigenvalue weighted by atomic mass is 35.5. The largest absolute Gasteiger partial charge is 0.350 e. The molecule has 0 bridgehead atoms. The lowest BCUT2D eigenvalue weighted by molar-refractivity contribution is 0.0917. The summed E-state index contributed by atoms with van der Waals surface area (Å²) in [4.78, 5) is 19.7. The van der Waals surface area contributed by atoms with Gasteiger partial charge in [-0.1, -0.05) is 6.92 Å². The second-order valence-electron chi connectivity index (χ2n) is 4.83. The zero-order valence-corrected chi connectivity index (χ0v) is 12.5. The van der Waals surface area contributed by atoms with Gasteiger partial charge < -0.3 is 10.6 Å². The van der Waals surface area contributed by atoms with E-state index in [4.69, 9.17) is 0 Å². The molecule has 1 aliphatic heterocycles. The van der Waals surface area contributed by atoms with Crippen LogP contribution in [0.25, 0.3) is 0 Å². The van der Waals surface area contributed by atoms with Crippen LogP contribution in [0.15, 0.2) is 18.6 Å². The molecule has 19 heavy (non-hydrogen) atoms. The number of halogens is 2. The maximum atomic E-state index is 11.8. The zero-order valence-electron chi connectivity index (χ0n) is 10.9. The lowest BCUT2D eigenvalue weighted by Gasteiger charge is -2.34. The molecule has 0 atom stereocenters. The van der Waals surface area contributed by atoms with Gasteiger partial charge in [0.05, 0.1) is 6.20 Å². The minimum atomic E-state index is -0.141. The summed E-state index contributed by atoms with van der Waals surface area (Å²) in [6.45, 7) is 4.96. The first kappa shape index (κ1) is 18.1. The van der Waals surface area contributed by atoms with E-state index in [0.717, 1.165) is 25.9 Å². The molecular formula is C12H20Cl2N4O. The average Bonchev–Trinajstić information content (AvgIpc) is 2.38. The minimum absolute atomic E-state index is 0. The zero-order chi connectivity index (χ0) is 12.1. The molecule has 2 rings (SSSR count). The van der Waals surface area contributed by atoms with Crippen LogP contribution in [0.4, 0.5) is 0 Å². The third-order valence-corrected chi connectivity index (χ3v) is 3.28. The summed E-state index contributed by atoms with van der Waals surface area (Å²) in [7, 11) is 0. The van der Waals surface area contributed by atoms with Crippen LogP contribution in [-0.2, 0) is 0 Å². The molecule has 1 aromatic rings. The minimum Gasteiger partial charge on any atom is -0.350 e. The first-order valence-electron chi connectivity index (χ1n) is 5.95. The Labute approximate surface area is 125 Å². The third-order valence-electron chi connectivity index (χ3n) is 3.28. The second-order valence-corrected chi connectivity index (χ2v) is 4.83. The van der Waals surface area contributed by atoms with Crippen LogP contribution in [0, 0.1) is 5.41 Å². The Morgan fingerprint density at radius 3 is 2.63 bits per heavy atom. The standard InChI is InChI=1S/C12H18N4O.2ClH/c1-12(2-4-13-5-3-12)9-16-11(17)10-8-14-6-7-15-10;;/h6-8,13H,2-5,9H2,1H3,(H,16,17);2*1H. The summed E-state index contributed by atoms with van der Waals surface area (Å²) in [5.74, 6) is -0.141. The molecule has 0 unspecified atom stereocenters. The van der Waals surface area contributed by atoms with Crippen LogP contribution in [0.2, 0.25) is 0 Å². The van der Waals surface area contributed by atoms with Gasteiger partial charge in [0.25, 0.3) is 5.91 Å². The Morgan fingerprint density at radius 1 is 1.37 bits per heavy atom. The van der Waals surface area contributed by atoms with Gasteiger partial charge in [-0.15, -0.1) is 24.8 Å². The number of aromatic nitrogens is 2. The Hall–Kier alpha value is -0.910. The number of amides is 1. The predicted octanol–water partition coefficient (Wildman–Crippen LogP) is 1.44. The molecule has 0 spiro atoms. The topological polar surface area (TPSA) is 66.9 Å². The summed E-state index contributed by atoms with van der Waals surface area (Å²) in [5, 5.41) is 6.26. The van der Waals surface area contributed by atoms with Crippen molar-refractivity contribution in [2.75, 3.05) is 19.6 Å². The first-order chi connectivity index (χ1) is 8.20. The average molecular weight is 307 g/mol. The summed E-state index contributed by atoms with van der Waals surface area (Å²) in [6, 6.07) is 0. The van der Waals surface area contributed by atoms with Crippen molar-refractivity contribution in [3.8, 4) is 0 Å². The van der Waals surface area contributed by atoms with E-state index in [-0.39, 0.29) is 36.1 Å². The third kappa shape index (κ3) is 5.30. The van der Waals surface area contributed by atoms with Gasteiger partial charge in [0.1, 0.15) is 5.69 Å². The van der Waals surface area contributed by atoms with E-state index in [1.165, 1.54) is 12.4 Å². The summed E-state index contributed by atoms with van der Waals surface area (Å²) in [6.07, 6.45) is 6.76. The van der Waals surface area contributed by atoms with Crippen LogP contribution >= 0.6 is 24.8 Å². The summed E-state index contributed by atoms with van der Waals surface area (Å²) in [5.41, 5.74) is 0.577. The molecule has 5 nitrogen and oxygen atoms in total. The summed E-state index contributed by atoms with van der Waals surface area (Å²) >= 11 is 0. The van der Waals surface area contributed by atoms with Crippen molar-refractivity contribution >= 4 is 30.7 Å². The lowest BCUT2D eigenvalue weighted by Crippen LogP contribution is -2.43. The van der Waals surface area contributed by atoms with Gasteiger partial charge in [0.15, 0.2) is 0 Å². The number of hydrogen-bond acceptors (Lipinski definition) is 4. The van der Waals surface area contributed by atoms with E-state index in [0.29, 0.717) is 12.2 Å². The fraction of sp³-hybridized carbons (Fsp3) is 0.583. The fourth-order valence-corrected chi connectivity index (χ4v) is 2.01. The number of nitrogens with one attached hydrogen (secondary N) is 2. The molecular weight excluding hydrogens is 287 g/mol. The smallest absolute Gasteiger partial charge is 0.271 e. The molecule has 0 aromatic carbocycles. The van der Waals surface area contributed by atoms with Gasteiger partial charge in [-0.05, 0) is 31.3 Å². The molecule has 1 aromatic heterocycles. The highest BCUT2D eigenvalue weighted by molar-refractivity contribution is 5.91. The van der Waals surface area contributed by atoms with Crippen molar-refractivity contribution in [2.45, 2.75) is 19.8 Å². The van der Waals surface area contributed by atoms with Crippen LogP contribution in [0.1, 0.15) is 30.3 Å². The quantitative estimate of drug-likeness (QED) is 0.887. The van der Waals surface area contributed by atoms with Crippen LogP contribution < -0.4 is 10.6 Å². The highest BCUT2D eigenvalue weighted by Gasteiger charge is 2.27. The second kappa shape index (κ2) is 8.30. The van der Waals surface area contributed by atoms with E-state index in [1.54, 1.807) is 6.20 Å². The van der Waals surface area contributed by atoms with Gasteiger partial charge in [-0.25, -0.2) is 4.98 Å². The molecule has 108 valence electrons. The van der Waals surface area contributed by atoms with Gasteiger partial charge >= 0.3 is 0 Å². The van der Waals surface area contributed by atoms with E-state index in [2.05, 4.69) is 27.5 Å². The number of hydrogen-bond donors (Lipinski definition) is 2. The Bertz CT molecular complexity index is 383. The van der Waals surface area contributed by atoms with E-state index < -0.39 is 0 Å². The van der Waals surface area contributed by atoms with Crippen LogP contribution in [-0.4, -0.2) is 35.5 Å². The number of rotatable bonds is 3. The van der Waals surface area contributed by atoms with Gasteiger partial charge in [-0.3, -0.25) is 9.78 Å².